The molecule has 0 aliphatic carbocycles. The summed E-state index contributed by atoms with van der Waals surface area (Å²) >= 11 is 0. The number of fused-ring (bicyclic) bond motifs is 1. The molecule has 3 aromatic rings. The second-order valence-corrected chi connectivity index (χ2v) is 4.69. The van der Waals surface area contributed by atoms with E-state index in [-0.39, 0.29) is 5.52 Å². The van der Waals surface area contributed by atoms with Crippen LogP contribution in [0.15, 0.2) is 36.7 Å². The quantitative estimate of drug-likeness (QED) is 0.582. The number of nitrogens with zero attached hydrogens (tertiary/aromatic N) is 3. The van der Waals surface area contributed by atoms with Crippen LogP contribution in [0.2, 0.25) is 0 Å². The van der Waals surface area contributed by atoms with Crippen LogP contribution >= 0.6 is 0 Å². The van der Waals surface area contributed by atoms with Crippen molar-refractivity contribution in [1.29, 1.82) is 0 Å². The van der Waals surface area contributed by atoms with Crippen molar-refractivity contribution in [1.82, 2.24) is 14.4 Å². The van der Waals surface area contributed by atoms with Crippen molar-refractivity contribution in [3.63, 3.8) is 0 Å². The second kappa shape index (κ2) is 5.04. The van der Waals surface area contributed by atoms with Gasteiger partial charge in [-0.05, 0) is 23.8 Å². The minimum Gasteiger partial charge on any atom is -0.364 e. The molecule has 1 amide bonds. The Bertz CT molecular complexity index is 900. The predicted octanol–water partition coefficient (Wildman–Crippen LogP) is 2.65. The maximum Gasteiger partial charge on any atom is 0.450 e. The Morgan fingerprint density at radius 2 is 1.83 bits per heavy atom. The molecule has 0 bridgehead atoms. The molecule has 3 aromatic heterocycles. The number of primary amides is 1. The lowest BCUT2D eigenvalue weighted by atomic mass is 10.1. The molecule has 23 heavy (non-hydrogen) atoms. The third-order valence-electron chi connectivity index (χ3n) is 3.18. The average Bonchev–Trinajstić information content (AvgIpc) is 2.87. The SMILES string of the molecule is NC(=O)c1nc(C(F)(F)F)n2cc(-c3ccc(F)nc3)ccc12. The minimum absolute atomic E-state index is 0.0661. The molecule has 0 atom stereocenters. The van der Waals surface area contributed by atoms with E-state index < -0.39 is 29.5 Å². The summed E-state index contributed by atoms with van der Waals surface area (Å²) in [5.74, 6) is -3.03. The zero-order valence-corrected chi connectivity index (χ0v) is 11.3. The van der Waals surface area contributed by atoms with Gasteiger partial charge in [-0.3, -0.25) is 9.20 Å². The summed E-state index contributed by atoms with van der Waals surface area (Å²) < 4.78 is 52.8. The lowest BCUT2D eigenvalue weighted by Gasteiger charge is -2.07. The van der Waals surface area contributed by atoms with Crippen molar-refractivity contribution in [2.45, 2.75) is 6.18 Å². The van der Waals surface area contributed by atoms with Gasteiger partial charge in [0.1, 0.15) is 0 Å². The second-order valence-electron chi connectivity index (χ2n) is 4.69. The summed E-state index contributed by atoms with van der Waals surface area (Å²) in [5, 5.41) is 0. The Morgan fingerprint density at radius 3 is 2.39 bits per heavy atom. The number of nitrogens with two attached hydrogens (primary N) is 1. The number of pyridine rings is 2. The molecule has 0 unspecified atom stereocenters. The highest BCUT2D eigenvalue weighted by Crippen LogP contribution is 2.31. The van der Waals surface area contributed by atoms with Crippen LogP contribution in [0.1, 0.15) is 16.3 Å². The summed E-state index contributed by atoms with van der Waals surface area (Å²) in [7, 11) is 0. The fourth-order valence-electron chi connectivity index (χ4n) is 2.18. The molecular weight excluding hydrogens is 316 g/mol. The van der Waals surface area contributed by atoms with E-state index in [9.17, 15) is 22.4 Å². The van der Waals surface area contributed by atoms with Crippen molar-refractivity contribution in [2.75, 3.05) is 0 Å². The number of amides is 1. The highest BCUT2D eigenvalue weighted by atomic mass is 19.4. The van der Waals surface area contributed by atoms with E-state index in [0.29, 0.717) is 11.1 Å². The highest BCUT2D eigenvalue weighted by Gasteiger charge is 2.37. The van der Waals surface area contributed by atoms with Gasteiger partial charge in [0.25, 0.3) is 5.91 Å². The van der Waals surface area contributed by atoms with Gasteiger partial charge >= 0.3 is 6.18 Å². The number of carbonyl (C=O) groups excluding carboxylic acids is 1. The van der Waals surface area contributed by atoms with Gasteiger partial charge in [-0.2, -0.15) is 17.6 Å². The van der Waals surface area contributed by atoms with Gasteiger partial charge in [-0.25, -0.2) is 9.97 Å². The van der Waals surface area contributed by atoms with E-state index in [1.807, 2.05) is 0 Å². The topological polar surface area (TPSA) is 73.3 Å². The van der Waals surface area contributed by atoms with Gasteiger partial charge in [0, 0.05) is 18.0 Å². The van der Waals surface area contributed by atoms with E-state index in [2.05, 4.69) is 9.97 Å². The molecule has 0 aromatic carbocycles. The third kappa shape index (κ3) is 2.60. The van der Waals surface area contributed by atoms with Crippen LogP contribution in [0.5, 0.6) is 0 Å². The lowest BCUT2D eigenvalue weighted by molar-refractivity contribution is -0.145. The van der Waals surface area contributed by atoms with Crippen LogP contribution in [-0.4, -0.2) is 20.3 Å². The monoisotopic (exact) mass is 324 g/mol. The first-order valence-electron chi connectivity index (χ1n) is 6.28. The van der Waals surface area contributed by atoms with Crippen LogP contribution in [0.25, 0.3) is 16.6 Å². The fourth-order valence-corrected chi connectivity index (χ4v) is 2.18. The summed E-state index contributed by atoms with van der Waals surface area (Å²) in [6.07, 6.45) is -2.43. The maximum atomic E-state index is 13.1. The number of carbonyl (C=O) groups is 1. The number of imidazole rings is 1. The van der Waals surface area contributed by atoms with E-state index in [1.54, 1.807) is 0 Å². The van der Waals surface area contributed by atoms with Crippen LogP contribution in [-0.2, 0) is 6.18 Å². The normalized spacial score (nSPS) is 11.8. The van der Waals surface area contributed by atoms with Crippen LogP contribution in [0.4, 0.5) is 17.6 Å². The molecule has 0 aliphatic rings. The Hall–Kier alpha value is -2.97. The molecule has 0 aliphatic heterocycles. The first kappa shape index (κ1) is 14.9. The molecule has 0 saturated heterocycles. The Labute approximate surface area is 126 Å². The molecular formula is C14H8F4N4O. The number of alkyl halides is 3. The number of hydrogen-bond donors (Lipinski definition) is 1. The summed E-state index contributed by atoms with van der Waals surface area (Å²) in [4.78, 5) is 18.0. The lowest BCUT2D eigenvalue weighted by Crippen LogP contribution is -2.13. The van der Waals surface area contributed by atoms with Crippen molar-refractivity contribution in [3.05, 3.63) is 54.1 Å². The van der Waals surface area contributed by atoms with Gasteiger partial charge in [-0.15, -0.1) is 0 Å². The van der Waals surface area contributed by atoms with Gasteiger partial charge in [-0.1, -0.05) is 6.07 Å². The summed E-state index contributed by atoms with van der Waals surface area (Å²) in [6.45, 7) is 0. The van der Waals surface area contributed by atoms with E-state index in [0.717, 1.165) is 16.7 Å². The summed E-state index contributed by atoms with van der Waals surface area (Å²) in [5.41, 5.74) is 5.29. The zero-order valence-electron chi connectivity index (χ0n) is 11.3. The fraction of sp³-hybridized carbons (Fsp3) is 0.0714. The minimum atomic E-state index is -4.77. The van der Waals surface area contributed by atoms with Gasteiger partial charge < -0.3 is 5.73 Å². The molecule has 0 saturated carbocycles. The van der Waals surface area contributed by atoms with Gasteiger partial charge in [0.05, 0.1) is 5.52 Å². The van der Waals surface area contributed by atoms with Crippen molar-refractivity contribution in [2.24, 2.45) is 5.73 Å². The number of hydrogen-bond acceptors (Lipinski definition) is 3. The molecule has 0 radical (unpaired) electrons. The molecule has 3 rings (SSSR count). The van der Waals surface area contributed by atoms with Crippen molar-refractivity contribution in [3.8, 4) is 11.1 Å². The summed E-state index contributed by atoms with van der Waals surface area (Å²) in [6, 6.07) is 5.23. The van der Waals surface area contributed by atoms with Gasteiger partial charge in [0.2, 0.25) is 11.8 Å². The van der Waals surface area contributed by atoms with E-state index >= 15 is 0 Å². The standard InChI is InChI=1S/C14H8F4N4O/c15-10-4-2-7(5-20-10)8-1-3-9-11(12(19)23)21-13(14(16,17)18)22(9)6-8/h1-6H,(H2,19,23). The first-order chi connectivity index (χ1) is 10.8. The Kier molecular flexibility index (Phi) is 3.28. The molecule has 3 heterocycles. The Balaban J connectivity index is 2.26. The predicted molar refractivity (Wildman–Crippen MR) is 71.9 cm³/mol. The van der Waals surface area contributed by atoms with Gasteiger partial charge in [0.15, 0.2) is 5.69 Å². The molecule has 0 fully saturated rings. The van der Waals surface area contributed by atoms with Crippen LogP contribution in [0, 0.1) is 5.95 Å². The molecule has 5 nitrogen and oxygen atoms in total. The maximum absolute atomic E-state index is 13.1. The number of halogens is 4. The first-order valence-corrected chi connectivity index (χ1v) is 6.28. The molecule has 0 spiro atoms. The zero-order chi connectivity index (χ0) is 16.8. The van der Waals surface area contributed by atoms with Crippen LogP contribution in [0.3, 0.4) is 0 Å². The molecule has 9 heteroatoms. The van der Waals surface area contributed by atoms with Crippen molar-refractivity contribution >= 4 is 11.4 Å². The smallest absolute Gasteiger partial charge is 0.364 e. The Morgan fingerprint density at radius 1 is 1.13 bits per heavy atom. The van der Waals surface area contributed by atoms with Crippen LogP contribution < -0.4 is 5.73 Å². The average molecular weight is 324 g/mol. The van der Waals surface area contributed by atoms with E-state index in [4.69, 9.17) is 5.73 Å². The largest absolute Gasteiger partial charge is 0.450 e. The molecule has 2 N–H and O–H groups in total. The third-order valence-corrected chi connectivity index (χ3v) is 3.18. The van der Waals surface area contributed by atoms with Crippen molar-refractivity contribution < 1.29 is 22.4 Å². The highest BCUT2D eigenvalue weighted by molar-refractivity contribution is 5.98. The number of aromatic nitrogens is 3. The molecule has 118 valence electrons. The van der Waals surface area contributed by atoms with E-state index in [1.165, 1.54) is 24.4 Å². The number of rotatable bonds is 2.